The molecule has 0 aliphatic rings. The maximum Gasteiger partial charge on any atom is 0.319 e. The van der Waals surface area contributed by atoms with Crippen LogP contribution in [0.2, 0.25) is 5.02 Å². The van der Waals surface area contributed by atoms with Crippen molar-refractivity contribution in [1.29, 1.82) is 0 Å². The highest BCUT2D eigenvalue weighted by atomic mass is 35.5. The number of nitrogens with two attached hydrogens (primary N) is 1. The van der Waals surface area contributed by atoms with E-state index in [0.29, 0.717) is 15.5 Å². The minimum Gasteiger partial charge on any atom is -0.351 e. The normalized spacial score (nSPS) is 13.7. The fraction of sp³-hybridized carbons (Fsp3) is 0.333. The highest BCUT2D eigenvalue weighted by Crippen LogP contribution is 2.17. The molecule has 0 radical (unpaired) electrons. The number of urea groups is 1. The molecule has 0 saturated heterocycles. The van der Waals surface area contributed by atoms with Gasteiger partial charge < -0.3 is 10.6 Å². The van der Waals surface area contributed by atoms with E-state index in [1.165, 1.54) is 12.1 Å². The van der Waals surface area contributed by atoms with Crippen molar-refractivity contribution in [3.63, 3.8) is 0 Å². The Morgan fingerprint density at radius 1 is 1.53 bits per heavy atom. The Bertz CT molecular complexity index is 476. The number of quaternary nitrogens is 1. The summed E-state index contributed by atoms with van der Waals surface area (Å²) in [4.78, 5) is 22.9. The number of carbonyl (C=O) groups excluding carboxylic acids is 2. The average Bonchev–Trinajstić information content (AvgIpc) is 2.32. The first-order valence-electron chi connectivity index (χ1n) is 5.68. The molecule has 7 heteroatoms. The molecule has 4 N–H and O–H groups in total. The number of halogens is 2. The molecule has 19 heavy (non-hydrogen) atoms. The van der Waals surface area contributed by atoms with Crippen molar-refractivity contribution >= 4 is 23.5 Å². The molecule has 0 aliphatic carbocycles. The van der Waals surface area contributed by atoms with Crippen LogP contribution >= 0.6 is 11.6 Å². The number of primary amides is 1. The maximum atomic E-state index is 13.6. The van der Waals surface area contributed by atoms with E-state index >= 15 is 0 Å². The van der Waals surface area contributed by atoms with Gasteiger partial charge in [-0.2, -0.15) is 0 Å². The van der Waals surface area contributed by atoms with Crippen molar-refractivity contribution in [1.82, 2.24) is 5.32 Å². The van der Waals surface area contributed by atoms with Crippen molar-refractivity contribution in [3.05, 3.63) is 34.6 Å². The summed E-state index contributed by atoms with van der Waals surface area (Å²) in [6.45, 7) is 1.83. The van der Waals surface area contributed by atoms with Gasteiger partial charge in [0.05, 0.1) is 17.6 Å². The number of rotatable bonds is 4. The van der Waals surface area contributed by atoms with Crippen molar-refractivity contribution in [2.75, 3.05) is 7.05 Å². The van der Waals surface area contributed by atoms with E-state index in [9.17, 15) is 14.0 Å². The second-order valence-electron chi connectivity index (χ2n) is 4.30. The number of benzene rings is 1. The SMILES string of the molecule is C[C@@H](C(=O)NC(N)=O)[NH+](C)Cc1c(F)cccc1Cl. The third-order valence-electron chi connectivity index (χ3n) is 2.90. The van der Waals surface area contributed by atoms with Crippen molar-refractivity contribution < 1.29 is 18.9 Å². The number of nitrogens with one attached hydrogen (secondary N) is 2. The van der Waals surface area contributed by atoms with Gasteiger partial charge in [-0.25, -0.2) is 9.18 Å². The first-order chi connectivity index (χ1) is 8.82. The average molecular weight is 289 g/mol. The Labute approximate surface area is 115 Å². The number of likely N-dealkylation sites (N-methyl/N-ethyl adjacent to an activating group) is 1. The smallest absolute Gasteiger partial charge is 0.319 e. The van der Waals surface area contributed by atoms with Gasteiger partial charge in [-0.1, -0.05) is 17.7 Å². The predicted molar refractivity (Wildman–Crippen MR) is 69.2 cm³/mol. The van der Waals surface area contributed by atoms with Crippen LogP contribution in [0.5, 0.6) is 0 Å². The van der Waals surface area contributed by atoms with Crippen LogP contribution in [-0.4, -0.2) is 25.0 Å². The predicted octanol–water partition coefficient (Wildman–Crippen LogP) is 0.0772. The number of imide groups is 1. The Morgan fingerprint density at radius 2 is 2.16 bits per heavy atom. The van der Waals surface area contributed by atoms with E-state index in [4.69, 9.17) is 17.3 Å². The van der Waals surface area contributed by atoms with E-state index in [-0.39, 0.29) is 6.54 Å². The van der Waals surface area contributed by atoms with Gasteiger partial charge in [-0.05, 0) is 19.1 Å². The van der Waals surface area contributed by atoms with Crippen LogP contribution in [0.25, 0.3) is 0 Å². The van der Waals surface area contributed by atoms with Crippen molar-refractivity contribution in [2.45, 2.75) is 19.5 Å². The zero-order valence-electron chi connectivity index (χ0n) is 10.7. The second-order valence-corrected chi connectivity index (χ2v) is 4.71. The second kappa shape index (κ2) is 6.49. The van der Waals surface area contributed by atoms with Crippen LogP contribution in [-0.2, 0) is 11.3 Å². The summed E-state index contributed by atoms with van der Waals surface area (Å²) in [5, 5.41) is 2.30. The third-order valence-corrected chi connectivity index (χ3v) is 3.25. The summed E-state index contributed by atoms with van der Waals surface area (Å²) in [6.07, 6.45) is 0. The van der Waals surface area contributed by atoms with Gasteiger partial charge in [-0.15, -0.1) is 0 Å². The molecule has 1 aromatic carbocycles. The molecule has 2 atom stereocenters. The molecule has 1 unspecified atom stereocenters. The monoisotopic (exact) mass is 288 g/mol. The molecule has 0 aromatic heterocycles. The number of carbonyl (C=O) groups is 2. The molecule has 0 saturated carbocycles. The largest absolute Gasteiger partial charge is 0.351 e. The lowest BCUT2D eigenvalue weighted by Crippen LogP contribution is -3.12. The minimum atomic E-state index is -0.909. The zero-order valence-corrected chi connectivity index (χ0v) is 11.4. The Hall–Kier alpha value is -1.66. The molecule has 5 nitrogen and oxygen atoms in total. The fourth-order valence-corrected chi connectivity index (χ4v) is 1.82. The van der Waals surface area contributed by atoms with Gasteiger partial charge in [0.2, 0.25) is 0 Å². The minimum absolute atomic E-state index is 0.221. The van der Waals surface area contributed by atoms with Crippen LogP contribution in [0, 0.1) is 5.82 Å². The molecule has 0 aliphatic heterocycles. The highest BCUT2D eigenvalue weighted by molar-refractivity contribution is 6.31. The Kier molecular flexibility index (Phi) is 5.26. The number of hydrogen-bond donors (Lipinski definition) is 3. The number of amides is 3. The van der Waals surface area contributed by atoms with Crippen LogP contribution < -0.4 is 16.0 Å². The highest BCUT2D eigenvalue weighted by Gasteiger charge is 2.24. The van der Waals surface area contributed by atoms with E-state index in [1.54, 1.807) is 20.0 Å². The van der Waals surface area contributed by atoms with E-state index < -0.39 is 23.8 Å². The molecule has 1 rings (SSSR count). The van der Waals surface area contributed by atoms with Crippen molar-refractivity contribution in [2.24, 2.45) is 5.73 Å². The molecule has 0 bridgehead atoms. The van der Waals surface area contributed by atoms with Gasteiger partial charge in [0.1, 0.15) is 12.4 Å². The van der Waals surface area contributed by atoms with Gasteiger partial charge >= 0.3 is 6.03 Å². The van der Waals surface area contributed by atoms with Gasteiger partial charge in [0, 0.05) is 0 Å². The van der Waals surface area contributed by atoms with Crippen LogP contribution in [0.15, 0.2) is 18.2 Å². The zero-order chi connectivity index (χ0) is 14.6. The van der Waals surface area contributed by atoms with E-state index in [0.717, 1.165) is 0 Å². The molecule has 0 heterocycles. The lowest BCUT2D eigenvalue weighted by atomic mass is 10.1. The summed E-state index contributed by atoms with van der Waals surface area (Å²) in [7, 11) is 1.70. The van der Waals surface area contributed by atoms with E-state index in [2.05, 4.69) is 0 Å². The summed E-state index contributed by atoms with van der Waals surface area (Å²) in [6, 6.07) is 2.93. The molecule has 3 amide bonds. The molecular formula is C12H16ClFN3O2+. The topological polar surface area (TPSA) is 76.6 Å². The maximum absolute atomic E-state index is 13.6. The van der Waals surface area contributed by atoms with Crippen LogP contribution in [0.4, 0.5) is 9.18 Å². The van der Waals surface area contributed by atoms with Crippen molar-refractivity contribution in [3.8, 4) is 0 Å². The van der Waals surface area contributed by atoms with Gasteiger partial charge in [0.15, 0.2) is 6.04 Å². The van der Waals surface area contributed by atoms with Crippen LogP contribution in [0.3, 0.4) is 0 Å². The quantitative estimate of drug-likeness (QED) is 0.734. The summed E-state index contributed by atoms with van der Waals surface area (Å²) in [5.74, 6) is -0.938. The van der Waals surface area contributed by atoms with Gasteiger partial charge in [0.25, 0.3) is 5.91 Å². The summed E-state index contributed by atoms with van der Waals surface area (Å²) >= 11 is 5.91. The van der Waals surface area contributed by atoms with E-state index in [1.807, 2.05) is 5.32 Å². The molecule has 1 aromatic rings. The molecule has 0 spiro atoms. The first kappa shape index (κ1) is 15.4. The summed E-state index contributed by atoms with van der Waals surface area (Å²) in [5.41, 5.74) is 5.20. The number of hydrogen-bond acceptors (Lipinski definition) is 2. The summed E-state index contributed by atoms with van der Waals surface area (Å²) < 4.78 is 13.6. The first-order valence-corrected chi connectivity index (χ1v) is 6.06. The fourth-order valence-electron chi connectivity index (χ4n) is 1.59. The lowest BCUT2D eigenvalue weighted by Gasteiger charge is -2.21. The van der Waals surface area contributed by atoms with Crippen LogP contribution in [0.1, 0.15) is 12.5 Å². The standard InChI is InChI=1S/C12H15ClFN3O2/c1-7(11(18)16-12(15)19)17(2)6-8-9(13)4-3-5-10(8)14/h3-5,7H,6H2,1-2H3,(H3,15,16,18,19)/p+1/t7-/m0/s1. The van der Waals surface area contributed by atoms with Gasteiger partial charge in [-0.3, -0.25) is 10.1 Å². The lowest BCUT2D eigenvalue weighted by molar-refractivity contribution is -0.908. The Morgan fingerprint density at radius 3 is 2.68 bits per heavy atom. The molecular weight excluding hydrogens is 273 g/mol. The third kappa shape index (κ3) is 4.18. The molecule has 104 valence electrons. The Balaban J connectivity index is 2.76. The molecule has 0 fully saturated rings.